The van der Waals surface area contributed by atoms with Crippen molar-refractivity contribution in [1.82, 2.24) is 9.78 Å². The van der Waals surface area contributed by atoms with Crippen LogP contribution in [0.2, 0.25) is 5.02 Å². The molecule has 4 heteroatoms. The molecule has 0 bridgehead atoms. The van der Waals surface area contributed by atoms with E-state index in [0.717, 1.165) is 35.8 Å². The number of nitrogens with zero attached hydrogens (tertiary/aromatic N) is 2. The summed E-state index contributed by atoms with van der Waals surface area (Å²) in [5, 5.41) is 15.4. The highest BCUT2D eigenvalue weighted by molar-refractivity contribution is 6.31. The molecule has 0 aliphatic heterocycles. The van der Waals surface area contributed by atoms with Crippen molar-refractivity contribution in [2.45, 2.75) is 65.0 Å². The van der Waals surface area contributed by atoms with Crippen LogP contribution in [0, 0.1) is 12.8 Å². The lowest BCUT2D eigenvalue weighted by atomic mass is 9.96. The normalized spacial score (nSPS) is 18.4. The first kappa shape index (κ1) is 13.9. The van der Waals surface area contributed by atoms with Gasteiger partial charge in [-0.15, -0.1) is 0 Å². The largest absolute Gasteiger partial charge is 0.393 e. The molecule has 1 heterocycles. The quantitative estimate of drug-likeness (QED) is 0.891. The number of rotatable bonds is 5. The summed E-state index contributed by atoms with van der Waals surface area (Å²) in [6, 6.07) is 0. The molecule has 1 aromatic heterocycles. The molecular formula is C14H23ClN2O. The lowest BCUT2D eigenvalue weighted by Gasteiger charge is -2.17. The second kappa shape index (κ2) is 6.07. The predicted octanol–water partition coefficient (Wildman–Crippen LogP) is 3.35. The Kier molecular flexibility index (Phi) is 4.68. The topological polar surface area (TPSA) is 38.0 Å². The van der Waals surface area contributed by atoms with Gasteiger partial charge in [0.1, 0.15) is 0 Å². The van der Waals surface area contributed by atoms with Gasteiger partial charge in [-0.25, -0.2) is 0 Å². The van der Waals surface area contributed by atoms with Gasteiger partial charge in [-0.1, -0.05) is 24.4 Å². The molecule has 0 saturated heterocycles. The fourth-order valence-electron chi connectivity index (χ4n) is 2.97. The van der Waals surface area contributed by atoms with Crippen molar-refractivity contribution in [3.63, 3.8) is 0 Å². The number of aliphatic hydroxyl groups excluding tert-OH is 1. The van der Waals surface area contributed by atoms with Gasteiger partial charge in [0.05, 0.1) is 22.5 Å². The Bertz CT molecular complexity index is 397. The summed E-state index contributed by atoms with van der Waals surface area (Å²) in [6.45, 7) is 4.84. The van der Waals surface area contributed by atoms with Gasteiger partial charge >= 0.3 is 0 Å². The van der Waals surface area contributed by atoms with Gasteiger partial charge in [-0.3, -0.25) is 4.68 Å². The average Bonchev–Trinajstić information content (AvgIpc) is 2.97. The standard InChI is InChI=1S/C14H23ClN2O/c1-3-17-12(14(15)10(2)16-17)8-9-13(18)11-6-4-5-7-11/h11,13,18H,3-9H2,1-2H3. The van der Waals surface area contributed by atoms with Gasteiger partial charge in [0, 0.05) is 6.54 Å². The van der Waals surface area contributed by atoms with Crippen LogP contribution in [0.15, 0.2) is 0 Å². The highest BCUT2D eigenvalue weighted by atomic mass is 35.5. The number of hydrogen-bond acceptors (Lipinski definition) is 2. The minimum atomic E-state index is -0.177. The van der Waals surface area contributed by atoms with Crippen LogP contribution in [-0.2, 0) is 13.0 Å². The second-order valence-electron chi connectivity index (χ2n) is 5.31. The summed E-state index contributed by atoms with van der Waals surface area (Å²) in [4.78, 5) is 0. The highest BCUT2D eigenvalue weighted by Gasteiger charge is 2.23. The monoisotopic (exact) mass is 270 g/mol. The second-order valence-corrected chi connectivity index (χ2v) is 5.69. The summed E-state index contributed by atoms with van der Waals surface area (Å²) < 4.78 is 1.96. The molecule has 0 aromatic carbocycles. The average molecular weight is 271 g/mol. The van der Waals surface area contributed by atoms with Crippen molar-refractivity contribution in [1.29, 1.82) is 0 Å². The fraction of sp³-hybridized carbons (Fsp3) is 0.786. The summed E-state index contributed by atoms with van der Waals surface area (Å²) >= 11 is 6.27. The molecule has 2 rings (SSSR count). The van der Waals surface area contributed by atoms with Crippen LogP contribution >= 0.6 is 11.6 Å². The van der Waals surface area contributed by atoms with Crippen LogP contribution in [0.3, 0.4) is 0 Å². The van der Waals surface area contributed by atoms with Crippen molar-refractivity contribution in [3.8, 4) is 0 Å². The number of aromatic nitrogens is 2. The molecule has 1 unspecified atom stereocenters. The van der Waals surface area contributed by atoms with E-state index < -0.39 is 0 Å². The van der Waals surface area contributed by atoms with E-state index in [2.05, 4.69) is 12.0 Å². The van der Waals surface area contributed by atoms with E-state index in [9.17, 15) is 5.11 Å². The van der Waals surface area contributed by atoms with Crippen molar-refractivity contribution in [3.05, 3.63) is 16.4 Å². The maximum atomic E-state index is 10.2. The zero-order valence-electron chi connectivity index (χ0n) is 11.3. The van der Waals surface area contributed by atoms with Crippen molar-refractivity contribution < 1.29 is 5.11 Å². The number of hydrogen-bond donors (Lipinski definition) is 1. The molecule has 1 N–H and O–H groups in total. The van der Waals surface area contributed by atoms with Crippen LogP contribution < -0.4 is 0 Å². The molecule has 102 valence electrons. The Morgan fingerprint density at radius 1 is 1.44 bits per heavy atom. The molecule has 1 aromatic rings. The van der Waals surface area contributed by atoms with Crippen LogP contribution in [0.1, 0.15) is 50.4 Å². The molecule has 0 spiro atoms. The third kappa shape index (κ3) is 2.89. The Balaban J connectivity index is 1.96. The molecule has 3 nitrogen and oxygen atoms in total. The third-order valence-corrected chi connectivity index (χ3v) is 4.57. The van der Waals surface area contributed by atoms with Gasteiger partial charge in [-0.2, -0.15) is 5.10 Å². The summed E-state index contributed by atoms with van der Waals surface area (Å²) in [6.07, 6.45) is 6.36. The van der Waals surface area contributed by atoms with E-state index in [4.69, 9.17) is 11.6 Å². The van der Waals surface area contributed by atoms with Gasteiger partial charge < -0.3 is 5.11 Å². The van der Waals surface area contributed by atoms with E-state index in [1.54, 1.807) is 0 Å². The Morgan fingerprint density at radius 2 is 2.11 bits per heavy atom. The van der Waals surface area contributed by atoms with E-state index in [0.29, 0.717) is 5.92 Å². The minimum Gasteiger partial charge on any atom is -0.393 e. The smallest absolute Gasteiger partial charge is 0.0847 e. The molecule has 1 atom stereocenters. The molecular weight excluding hydrogens is 248 g/mol. The molecule has 1 fully saturated rings. The first-order valence-electron chi connectivity index (χ1n) is 7.03. The van der Waals surface area contributed by atoms with Gasteiger partial charge in [0.2, 0.25) is 0 Å². The third-order valence-electron chi connectivity index (χ3n) is 4.07. The zero-order chi connectivity index (χ0) is 13.1. The van der Waals surface area contributed by atoms with E-state index in [-0.39, 0.29) is 6.10 Å². The van der Waals surface area contributed by atoms with Gasteiger partial charge in [0.25, 0.3) is 0 Å². The number of halogens is 1. The predicted molar refractivity (Wildman–Crippen MR) is 73.9 cm³/mol. The molecule has 1 aliphatic carbocycles. The van der Waals surface area contributed by atoms with Gasteiger partial charge in [0.15, 0.2) is 0 Å². The molecule has 1 saturated carbocycles. The first-order valence-corrected chi connectivity index (χ1v) is 7.41. The van der Waals surface area contributed by atoms with Crippen LogP contribution in [0.4, 0.5) is 0 Å². The summed E-state index contributed by atoms with van der Waals surface area (Å²) in [7, 11) is 0. The van der Waals surface area contributed by atoms with E-state index in [1.165, 1.54) is 25.7 Å². The van der Waals surface area contributed by atoms with Crippen molar-refractivity contribution >= 4 is 11.6 Å². The molecule has 0 radical (unpaired) electrons. The fourth-order valence-corrected chi connectivity index (χ4v) is 3.20. The van der Waals surface area contributed by atoms with Crippen LogP contribution in [0.25, 0.3) is 0 Å². The van der Waals surface area contributed by atoms with E-state index in [1.807, 2.05) is 11.6 Å². The molecule has 18 heavy (non-hydrogen) atoms. The highest BCUT2D eigenvalue weighted by Crippen LogP contribution is 2.30. The molecule has 1 aliphatic rings. The lowest BCUT2D eigenvalue weighted by molar-refractivity contribution is 0.102. The lowest BCUT2D eigenvalue weighted by Crippen LogP contribution is -2.19. The van der Waals surface area contributed by atoms with Crippen LogP contribution in [0.5, 0.6) is 0 Å². The Labute approximate surface area is 114 Å². The summed E-state index contributed by atoms with van der Waals surface area (Å²) in [5.41, 5.74) is 1.97. The minimum absolute atomic E-state index is 0.177. The maximum Gasteiger partial charge on any atom is 0.0847 e. The zero-order valence-corrected chi connectivity index (χ0v) is 12.1. The van der Waals surface area contributed by atoms with Crippen molar-refractivity contribution in [2.75, 3.05) is 0 Å². The Hall–Kier alpha value is -0.540. The maximum absolute atomic E-state index is 10.2. The van der Waals surface area contributed by atoms with Crippen LogP contribution in [-0.4, -0.2) is 21.0 Å². The SMILES string of the molecule is CCn1nc(C)c(Cl)c1CCC(O)C1CCCC1. The number of aliphatic hydroxyl groups is 1. The molecule has 0 amide bonds. The summed E-state index contributed by atoms with van der Waals surface area (Å²) in [5.74, 6) is 0.503. The van der Waals surface area contributed by atoms with Gasteiger partial charge in [-0.05, 0) is 45.4 Å². The Morgan fingerprint density at radius 3 is 2.72 bits per heavy atom. The van der Waals surface area contributed by atoms with E-state index >= 15 is 0 Å². The number of aryl methyl sites for hydroxylation is 2. The first-order chi connectivity index (χ1) is 8.63. The van der Waals surface area contributed by atoms with Crippen molar-refractivity contribution in [2.24, 2.45) is 5.92 Å².